The predicted octanol–water partition coefficient (Wildman–Crippen LogP) is 1.81. The standard InChI is InChI=1S/C13H19N3O3/c1-13(5-3-2-4-6-13)7-14-11(17)9-10(12(18)19)16-8-15-9/h8H,2-7H2,1H3,(H,14,17)(H,15,16)(H,18,19). The molecule has 0 aromatic carbocycles. The molecule has 19 heavy (non-hydrogen) atoms. The van der Waals surface area contributed by atoms with E-state index < -0.39 is 11.9 Å². The van der Waals surface area contributed by atoms with E-state index in [4.69, 9.17) is 5.11 Å². The van der Waals surface area contributed by atoms with Crippen LogP contribution in [0.25, 0.3) is 0 Å². The molecule has 1 aromatic heterocycles. The highest BCUT2D eigenvalue weighted by Crippen LogP contribution is 2.34. The monoisotopic (exact) mass is 265 g/mol. The van der Waals surface area contributed by atoms with Crippen LogP contribution in [0, 0.1) is 5.41 Å². The third-order valence-electron chi connectivity index (χ3n) is 3.80. The summed E-state index contributed by atoms with van der Waals surface area (Å²) in [6, 6.07) is 0. The van der Waals surface area contributed by atoms with Gasteiger partial charge in [-0.15, -0.1) is 0 Å². The maximum atomic E-state index is 12.0. The number of aromatic amines is 1. The van der Waals surface area contributed by atoms with E-state index in [-0.39, 0.29) is 16.8 Å². The topological polar surface area (TPSA) is 95.1 Å². The third-order valence-corrected chi connectivity index (χ3v) is 3.80. The van der Waals surface area contributed by atoms with Gasteiger partial charge in [0.15, 0.2) is 11.4 Å². The average molecular weight is 265 g/mol. The van der Waals surface area contributed by atoms with Crippen LogP contribution in [0.2, 0.25) is 0 Å². The number of aromatic nitrogens is 2. The third kappa shape index (κ3) is 3.13. The second-order valence-electron chi connectivity index (χ2n) is 5.49. The van der Waals surface area contributed by atoms with Gasteiger partial charge in [0.25, 0.3) is 5.91 Å². The lowest BCUT2D eigenvalue weighted by molar-refractivity contribution is 0.0684. The van der Waals surface area contributed by atoms with Crippen molar-refractivity contribution in [2.75, 3.05) is 6.54 Å². The molecular weight excluding hydrogens is 246 g/mol. The van der Waals surface area contributed by atoms with Gasteiger partial charge in [-0.2, -0.15) is 0 Å². The van der Waals surface area contributed by atoms with Gasteiger partial charge in [-0.05, 0) is 18.3 Å². The number of H-pyrrole nitrogens is 1. The zero-order valence-corrected chi connectivity index (χ0v) is 11.0. The van der Waals surface area contributed by atoms with Gasteiger partial charge in [-0.1, -0.05) is 26.2 Å². The van der Waals surface area contributed by atoms with Crippen LogP contribution >= 0.6 is 0 Å². The maximum absolute atomic E-state index is 12.0. The summed E-state index contributed by atoms with van der Waals surface area (Å²) in [5.41, 5.74) is -0.0913. The van der Waals surface area contributed by atoms with Crippen LogP contribution in [-0.4, -0.2) is 33.5 Å². The fourth-order valence-corrected chi connectivity index (χ4v) is 2.59. The summed E-state index contributed by atoms with van der Waals surface area (Å²) in [5, 5.41) is 11.7. The van der Waals surface area contributed by atoms with E-state index in [1.54, 1.807) is 0 Å². The first-order valence-corrected chi connectivity index (χ1v) is 6.57. The highest BCUT2D eigenvalue weighted by Gasteiger charge is 2.28. The number of carboxylic acid groups (broad SMARTS) is 1. The Morgan fingerprint density at radius 1 is 1.42 bits per heavy atom. The number of nitrogens with one attached hydrogen (secondary N) is 2. The molecule has 1 amide bonds. The molecule has 1 aliphatic carbocycles. The Morgan fingerprint density at radius 3 is 2.74 bits per heavy atom. The number of carbonyl (C=O) groups excluding carboxylic acids is 1. The van der Waals surface area contributed by atoms with E-state index in [2.05, 4.69) is 22.2 Å². The smallest absolute Gasteiger partial charge is 0.354 e. The van der Waals surface area contributed by atoms with E-state index >= 15 is 0 Å². The van der Waals surface area contributed by atoms with Crippen molar-refractivity contribution in [2.45, 2.75) is 39.0 Å². The Bertz CT molecular complexity index is 475. The summed E-state index contributed by atoms with van der Waals surface area (Å²) in [4.78, 5) is 29.1. The Morgan fingerprint density at radius 2 is 2.11 bits per heavy atom. The first kappa shape index (κ1) is 13.6. The molecule has 0 radical (unpaired) electrons. The molecule has 3 N–H and O–H groups in total. The van der Waals surface area contributed by atoms with Crippen LogP contribution in [0.15, 0.2) is 6.33 Å². The minimum atomic E-state index is -1.17. The van der Waals surface area contributed by atoms with Crippen LogP contribution in [0.4, 0.5) is 0 Å². The van der Waals surface area contributed by atoms with Gasteiger partial charge in [0.2, 0.25) is 0 Å². The van der Waals surface area contributed by atoms with Gasteiger partial charge in [0.05, 0.1) is 6.33 Å². The number of amides is 1. The van der Waals surface area contributed by atoms with Crippen LogP contribution in [0.1, 0.15) is 60.0 Å². The van der Waals surface area contributed by atoms with Gasteiger partial charge >= 0.3 is 5.97 Å². The molecule has 0 saturated heterocycles. The molecule has 0 atom stereocenters. The SMILES string of the molecule is CC1(CNC(=O)c2nc[nH]c2C(=O)O)CCCCC1. The fourth-order valence-electron chi connectivity index (χ4n) is 2.59. The van der Waals surface area contributed by atoms with Crippen LogP contribution < -0.4 is 5.32 Å². The number of carboxylic acids is 1. The Hall–Kier alpha value is -1.85. The van der Waals surface area contributed by atoms with E-state index in [1.807, 2.05) is 0 Å². The van der Waals surface area contributed by atoms with Crippen LogP contribution in [0.5, 0.6) is 0 Å². The van der Waals surface area contributed by atoms with Crippen molar-refractivity contribution in [1.29, 1.82) is 0 Å². The molecule has 0 spiro atoms. The molecule has 1 saturated carbocycles. The Kier molecular flexibility index (Phi) is 3.87. The zero-order chi connectivity index (χ0) is 13.9. The largest absolute Gasteiger partial charge is 0.477 e. The van der Waals surface area contributed by atoms with Crippen LogP contribution in [-0.2, 0) is 0 Å². The molecule has 1 aliphatic rings. The number of aromatic carboxylic acids is 1. The summed E-state index contributed by atoms with van der Waals surface area (Å²) in [6.45, 7) is 2.73. The molecule has 1 heterocycles. The van der Waals surface area contributed by atoms with E-state index in [1.165, 1.54) is 25.6 Å². The van der Waals surface area contributed by atoms with Gasteiger partial charge in [0, 0.05) is 6.54 Å². The highest BCUT2D eigenvalue weighted by molar-refractivity contribution is 6.02. The van der Waals surface area contributed by atoms with Gasteiger partial charge in [0.1, 0.15) is 0 Å². The van der Waals surface area contributed by atoms with E-state index in [0.29, 0.717) is 6.54 Å². The first-order valence-electron chi connectivity index (χ1n) is 6.57. The quantitative estimate of drug-likeness (QED) is 0.773. The second-order valence-corrected chi connectivity index (χ2v) is 5.49. The Balaban J connectivity index is 1.97. The van der Waals surface area contributed by atoms with Crippen molar-refractivity contribution in [1.82, 2.24) is 15.3 Å². The normalized spacial score (nSPS) is 17.9. The van der Waals surface area contributed by atoms with Crippen molar-refractivity contribution < 1.29 is 14.7 Å². The molecule has 1 aromatic rings. The molecule has 2 rings (SSSR count). The number of hydrogen-bond acceptors (Lipinski definition) is 3. The summed E-state index contributed by atoms with van der Waals surface area (Å²) in [6.07, 6.45) is 7.05. The lowest BCUT2D eigenvalue weighted by atomic mass is 9.76. The lowest BCUT2D eigenvalue weighted by Gasteiger charge is -2.33. The van der Waals surface area contributed by atoms with Crippen molar-refractivity contribution in [3.05, 3.63) is 17.7 Å². The zero-order valence-electron chi connectivity index (χ0n) is 11.0. The molecule has 0 aliphatic heterocycles. The van der Waals surface area contributed by atoms with Gasteiger partial charge in [-0.25, -0.2) is 9.78 Å². The molecule has 104 valence electrons. The van der Waals surface area contributed by atoms with E-state index in [9.17, 15) is 9.59 Å². The second kappa shape index (κ2) is 5.42. The number of rotatable bonds is 4. The van der Waals surface area contributed by atoms with Crippen molar-refractivity contribution in [2.24, 2.45) is 5.41 Å². The summed E-state index contributed by atoms with van der Waals surface area (Å²) in [5.74, 6) is -1.60. The van der Waals surface area contributed by atoms with Crippen molar-refractivity contribution in [3.63, 3.8) is 0 Å². The minimum Gasteiger partial charge on any atom is -0.477 e. The number of nitrogens with zero attached hydrogens (tertiary/aromatic N) is 1. The van der Waals surface area contributed by atoms with Gasteiger partial charge < -0.3 is 15.4 Å². The predicted molar refractivity (Wildman–Crippen MR) is 69.1 cm³/mol. The molecule has 0 bridgehead atoms. The summed E-state index contributed by atoms with van der Waals surface area (Å²) in [7, 11) is 0. The molecule has 6 heteroatoms. The first-order chi connectivity index (χ1) is 9.02. The minimum absolute atomic E-state index is 0.0492. The fraction of sp³-hybridized carbons (Fsp3) is 0.615. The Labute approximate surface area is 111 Å². The molecule has 0 unspecified atom stereocenters. The maximum Gasteiger partial charge on any atom is 0.354 e. The number of imidazole rings is 1. The molecular formula is C13H19N3O3. The molecule has 1 fully saturated rings. The van der Waals surface area contributed by atoms with Crippen molar-refractivity contribution >= 4 is 11.9 Å². The average Bonchev–Trinajstić information content (AvgIpc) is 2.86. The van der Waals surface area contributed by atoms with Crippen molar-refractivity contribution in [3.8, 4) is 0 Å². The number of carbonyl (C=O) groups is 2. The van der Waals surface area contributed by atoms with Crippen LogP contribution in [0.3, 0.4) is 0 Å². The highest BCUT2D eigenvalue weighted by atomic mass is 16.4. The summed E-state index contributed by atoms with van der Waals surface area (Å²) < 4.78 is 0. The number of hydrogen-bond donors (Lipinski definition) is 3. The molecule has 6 nitrogen and oxygen atoms in total. The summed E-state index contributed by atoms with van der Waals surface area (Å²) >= 11 is 0. The lowest BCUT2D eigenvalue weighted by Crippen LogP contribution is -2.37. The van der Waals surface area contributed by atoms with Gasteiger partial charge in [-0.3, -0.25) is 4.79 Å². The van der Waals surface area contributed by atoms with E-state index in [0.717, 1.165) is 12.8 Å².